The molecule has 2 aromatic rings. The number of hydrogen-bond acceptors (Lipinski definition) is 5. The van der Waals surface area contributed by atoms with E-state index in [1.807, 2.05) is 30.3 Å². The molecule has 0 bridgehead atoms. The van der Waals surface area contributed by atoms with Crippen LogP contribution in [-0.2, 0) is 4.74 Å². The zero-order chi connectivity index (χ0) is 13.8. The lowest BCUT2D eigenvalue weighted by atomic mass is 10.3. The Hall–Kier alpha value is -1.85. The van der Waals surface area contributed by atoms with Crippen molar-refractivity contribution in [2.45, 2.75) is 0 Å². The first kappa shape index (κ1) is 13.1. The standard InChI is InChI=1S/C14H15ClN4O/c15-11-1-3-12(4-2-11)18-13-9-14(17-10-16-13)19-5-7-20-8-6-19/h1-4,9-10H,5-8H2,(H,16,17,18). The van der Waals surface area contributed by atoms with Crippen LogP contribution in [0.3, 0.4) is 0 Å². The predicted molar refractivity (Wildman–Crippen MR) is 79.8 cm³/mol. The first-order valence-corrected chi connectivity index (χ1v) is 6.86. The SMILES string of the molecule is Clc1ccc(Nc2cc(N3CCOCC3)ncn2)cc1. The minimum Gasteiger partial charge on any atom is -0.378 e. The Morgan fingerprint density at radius 2 is 1.85 bits per heavy atom. The van der Waals surface area contributed by atoms with Gasteiger partial charge in [0.25, 0.3) is 0 Å². The van der Waals surface area contributed by atoms with Gasteiger partial charge in [0.1, 0.15) is 18.0 Å². The molecule has 6 heteroatoms. The molecule has 0 aliphatic carbocycles. The molecule has 0 saturated carbocycles. The fraction of sp³-hybridized carbons (Fsp3) is 0.286. The Kier molecular flexibility index (Phi) is 3.99. The number of rotatable bonds is 3. The molecule has 1 aromatic heterocycles. The van der Waals surface area contributed by atoms with Crippen LogP contribution in [0, 0.1) is 0 Å². The molecule has 1 fully saturated rings. The Balaban J connectivity index is 1.75. The van der Waals surface area contributed by atoms with E-state index in [0.29, 0.717) is 5.02 Å². The van der Waals surface area contributed by atoms with Gasteiger partial charge in [-0.1, -0.05) is 11.6 Å². The van der Waals surface area contributed by atoms with Gasteiger partial charge in [-0.3, -0.25) is 0 Å². The van der Waals surface area contributed by atoms with Crippen LogP contribution in [0.5, 0.6) is 0 Å². The first-order chi connectivity index (χ1) is 9.81. The van der Waals surface area contributed by atoms with E-state index in [2.05, 4.69) is 20.2 Å². The van der Waals surface area contributed by atoms with Crippen molar-refractivity contribution in [1.82, 2.24) is 9.97 Å². The van der Waals surface area contributed by atoms with Crippen LogP contribution in [0.15, 0.2) is 36.7 Å². The molecule has 5 nitrogen and oxygen atoms in total. The summed E-state index contributed by atoms with van der Waals surface area (Å²) >= 11 is 5.87. The number of anilines is 3. The second-order valence-electron chi connectivity index (χ2n) is 4.49. The first-order valence-electron chi connectivity index (χ1n) is 6.48. The van der Waals surface area contributed by atoms with Crippen LogP contribution in [-0.4, -0.2) is 36.3 Å². The third-order valence-electron chi connectivity index (χ3n) is 3.10. The highest BCUT2D eigenvalue weighted by Crippen LogP contribution is 2.20. The van der Waals surface area contributed by atoms with Crippen LogP contribution in [0.25, 0.3) is 0 Å². The van der Waals surface area contributed by atoms with Crippen molar-refractivity contribution in [3.05, 3.63) is 41.7 Å². The maximum atomic E-state index is 5.87. The fourth-order valence-electron chi connectivity index (χ4n) is 2.06. The summed E-state index contributed by atoms with van der Waals surface area (Å²) in [7, 11) is 0. The minimum atomic E-state index is 0.715. The molecule has 0 amide bonds. The number of nitrogens with one attached hydrogen (secondary N) is 1. The van der Waals surface area contributed by atoms with Crippen LogP contribution in [0.4, 0.5) is 17.3 Å². The zero-order valence-corrected chi connectivity index (χ0v) is 11.7. The van der Waals surface area contributed by atoms with Gasteiger partial charge in [0, 0.05) is 29.9 Å². The molecule has 2 heterocycles. The van der Waals surface area contributed by atoms with Crippen molar-refractivity contribution in [3.8, 4) is 0 Å². The molecule has 1 aromatic carbocycles. The zero-order valence-electron chi connectivity index (χ0n) is 10.9. The molecule has 0 radical (unpaired) electrons. The molecule has 1 aliphatic rings. The van der Waals surface area contributed by atoms with Gasteiger partial charge in [-0.15, -0.1) is 0 Å². The van der Waals surface area contributed by atoms with Crippen LogP contribution in [0.1, 0.15) is 0 Å². The van der Waals surface area contributed by atoms with Gasteiger partial charge in [0.15, 0.2) is 0 Å². The number of nitrogens with zero attached hydrogens (tertiary/aromatic N) is 3. The van der Waals surface area contributed by atoms with Crippen molar-refractivity contribution in [2.24, 2.45) is 0 Å². The summed E-state index contributed by atoms with van der Waals surface area (Å²) in [5.41, 5.74) is 0.945. The third kappa shape index (κ3) is 3.18. The largest absolute Gasteiger partial charge is 0.378 e. The van der Waals surface area contributed by atoms with Crippen molar-refractivity contribution >= 4 is 28.9 Å². The van der Waals surface area contributed by atoms with Crippen molar-refractivity contribution in [2.75, 3.05) is 36.5 Å². The highest BCUT2D eigenvalue weighted by atomic mass is 35.5. The Morgan fingerprint density at radius 3 is 2.60 bits per heavy atom. The molecule has 3 rings (SSSR count). The highest BCUT2D eigenvalue weighted by Gasteiger charge is 2.12. The van der Waals surface area contributed by atoms with Gasteiger partial charge in [-0.25, -0.2) is 9.97 Å². The second kappa shape index (κ2) is 6.07. The summed E-state index contributed by atoms with van der Waals surface area (Å²) in [5.74, 6) is 1.68. The fourth-order valence-corrected chi connectivity index (χ4v) is 2.19. The lowest BCUT2D eigenvalue weighted by molar-refractivity contribution is 0.122. The van der Waals surface area contributed by atoms with Gasteiger partial charge in [-0.2, -0.15) is 0 Å². The number of aromatic nitrogens is 2. The van der Waals surface area contributed by atoms with Crippen LogP contribution >= 0.6 is 11.6 Å². The molecule has 0 spiro atoms. The lowest BCUT2D eigenvalue weighted by Crippen LogP contribution is -2.36. The average Bonchev–Trinajstić information content (AvgIpc) is 2.51. The van der Waals surface area contributed by atoms with Gasteiger partial charge >= 0.3 is 0 Å². The van der Waals surface area contributed by atoms with Gasteiger partial charge in [0.2, 0.25) is 0 Å². The van der Waals surface area contributed by atoms with Crippen molar-refractivity contribution in [3.63, 3.8) is 0 Å². The molecule has 0 atom stereocenters. The quantitative estimate of drug-likeness (QED) is 0.942. The number of hydrogen-bond donors (Lipinski definition) is 1. The normalized spacial score (nSPS) is 15.2. The molecule has 0 unspecified atom stereocenters. The van der Waals surface area contributed by atoms with Crippen molar-refractivity contribution in [1.29, 1.82) is 0 Å². The Labute approximate surface area is 122 Å². The van der Waals surface area contributed by atoms with Crippen LogP contribution < -0.4 is 10.2 Å². The molecule has 104 valence electrons. The summed E-state index contributed by atoms with van der Waals surface area (Å²) < 4.78 is 5.35. The third-order valence-corrected chi connectivity index (χ3v) is 3.36. The van der Waals surface area contributed by atoms with E-state index in [1.54, 1.807) is 6.33 Å². The van der Waals surface area contributed by atoms with Crippen LogP contribution in [0.2, 0.25) is 5.02 Å². The van der Waals surface area contributed by atoms with E-state index in [-0.39, 0.29) is 0 Å². The highest BCUT2D eigenvalue weighted by molar-refractivity contribution is 6.30. The van der Waals surface area contributed by atoms with E-state index in [0.717, 1.165) is 43.6 Å². The van der Waals surface area contributed by atoms with E-state index < -0.39 is 0 Å². The molecule has 20 heavy (non-hydrogen) atoms. The number of morpholine rings is 1. The summed E-state index contributed by atoms with van der Waals surface area (Å²) in [6.07, 6.45) is 1.57. The summed E-state index contributed by atoms with van der Waals surface area (Å²) in [5, 5.41) is 3.96. The smallest absolute Gasteiger partial charge is 0.135 e. The maximum Gasteiger partial charge on any atom is 0.135 e. The molecule has 1 N–H and O–H groups in total. The summed E-state index contributed by atoms with van der Waals surface area (Å²) in [6.45, 7) is 3.20. The van der Waals surface area contributed by atoms with E-state index in [1.165, 1.54) is 0 Å². The van der Waals surface area contributed by atoms with E-state index >= 15 is 0 Å². The lowest BCUT2D eigenvalue weighted by Gasteiger charge is -2.27. The number of ether oxygens (including phenoxy) is 1. The molecular weight excluding hydrogens is 276 g/mol. The van der Waals surface area contributed by atoms with E-state index in [9.17, 15) is 0 Å². The average molecular weight is 291 g/mol. The molecule has 1 aliphatic heterocycles. The summed E-state index contributed by atoms with van der Waals surface area (Å²) in [6, 6.07) is 9.46. The Bertz CT molecular complexity index is 570. The topological polar surface area (TPSA) is 50.3 Å². The maximum absolute atomic E-state index is 5.87. The second-order valence-corrected chi connectivity index (χ2v) is 4.93. The monoisotopic (exact) mass is 290 g/mol. The van der Waals surface area contributed by atoms with Crippen molar-refractivity contribution < 1.29 is 4.74 Å². The molecular formula is C14H15ClN4O. The predicted octanol–water partition coefficient (Wildman–Crippen LogP) is 2.71. The van der Waals surface area contributed by atoms with Gasteiger partial charge in [0.05, 0.1) is 13.2 Å². The number of benzene rings is 1. The van der Waals surface area contributed by atoms with Gasteiger partial charge in [-0.05, 0) is 24.3 Å². The minimum absolute atomic E-state index is 0.715. The van der Waals surface area contributed by atoms with Gasteiger partial charge < -0.3 is 15.0 Å². The summed E-state index contributed by atoms with van der Waals surface area (Å²) in [4.78, 5) is 10.7. The molecule has 1 saturated heterocycles. The Morgan fingerprint density at radius 1 is 1.10 bits per heavy atom. The number of halogens is 1. The van der Waals surface area contributed by atoms with E-state index in [4.69, 9.17) is 16.3 Å².